The maximum Gasteiger partial charge on any atom is 0.332 e. The summed E-state index contributed by atoms with van der Waals surface area (Å²) in [4.78, 5) is 18.0. The van der Waals surface area contributed by atoms with Crippen molar-refractivity contribution in [2.75, 3.05) is 44.5 Å². The van der Waals surface area contributed by atoms with E-state index in [1.807, 2.05) is 0 Å². The molecule has 0 saturated carbocycles. The highest BCUT2D eigenvalue weighted by Crippen LogP contribution is 2.25. The molecule has 1 rings (SSSR count). The topological polar surface area (TPSA) is 125 Å². The van der Waals surface area contributed by atoms with Crippen LogP contribution >= 0.6 is 0 Å². The molecule has 0 spiro atoms. The van der Waals surface area contributed by atoms with Crippen molar-refractivity contribution in [3.8, 4) is 0 Å². The quantitative estimate of drug-likeness (QED) is 0.394. The van der Waals surface area contributed by atoms with E-state index in [1.54, 1.807) is 7.11 Å². The van der Waals surface area contributed by atoms with Gasteiger partial charge in [0.25, 0.3) is 0 Å². The predicted octanol–water partition coefficient (Wildman–Crippen LogP) is 0.350. The number of hydrogen-bond donors (Lipinski definition) is 2. The summed E-state index contributed by atoms with van der Waals surface area (Å²) in [5, 5.41) is 13.7. The Morgan fingerprint density at radius 2 is 2.11 bits per heavy atom. The molecule has 0 aromatic carbocycles. The highest BCUT2D eigenvalue weighted by atomic mass is 16.6. The number of nitrogens with two attached hydrogens (primary N) is 1. The minimum absolute atomic E-state index is 0.00842. The molecule has 0 aliphatic rings. The van der Waals surface area contributed by atoms with Crippen molar-refractivity contribution in [1.29, 1.82) is 0 Å². The second-order valence-electron chi connectivity index (χ2n) is 3.65. The molecular weight excluding hydrogens is 254 g/mol. The summed E-state index contributed by atoms with van der Waals surface area (Å²) in [6, 6.07) is 0. The molecule has 0 unspecified atom stereocenters. The molecule has 0 atom stereocenters. The van der Waals surface area contributed by atoms with Gasteiger partial charge in [-0.15, -0.1) is 0 Å². The van der Waals surface area contributed by atoms with E-state index in [9.17, 15) is 10.1 Å². The fourth-order valence-electron chi connectivity index (χ4n) is 1.42. The first-order valence-electron chi connectivity index (χ1n) is 5.65. The number of aryl methyl sites for hydroxylation is 1. The van der Waals surface area contributed by atoms with E-state index >= 15 is 0 Å². The maximum atomic E-state index is 10.9. The van der Waals surface area contributed by atoms with Crippen molar-refractivity contribution in [3.63, 3.8) is 0 Å². The highest BCUT2D eigenvalue weighted by Gasteiger charge is 2.20. The zero-order valence-corrected chi connectivity index (χ0v) is 10.9. The zero-order valence-electron chi connectivity index (χ0n) is 10.9. The van der Waals surface area contributed by atoms with Gasteiger partial charge in [-0.25, -0.2) is 4.98 Å². The Bertz CT molecular complexity index is 440. The number of nitro groups is 1. The number of anilines is 2. The van der Waals surface area contributed by atoms with Crippen LogP contribution in [-0.2, 0) is 9.47 Å². The number of nitrogen functional groups attached to an aromatic ring is 1. The molecule has 1 aromatic rings. The van der Waals surface area contributed by atoms with Crippen LogP contribution in [0.25, 0.3) is 0 Å². The van der Waals surface area contributed by atoms with Crippen LogP contribution in [0.15, 0.2) is 0 Å². The summed E-state index contributed by atoms with van der Waals surface area (Å²) >= 11 is 0. The van der Waals surface area contributed by atoms with Gasteiger partial charge >= 0.3 is 5.69 Å². The van der Waals surface area contributed by atoms with Crippen LogP contribution in [0.4, 0.5) is 17.5 Å². The van der Waals surface area contributed by atoms with E-state index in [0.29, 0.717) is 26.4 Å². The molecule has 9 nitrogen and oxygen atoms in total. The molecule has 0 bridgehead atoms. The molecule has 0 amide bonds. The third kappa shape index (κ3) is 4.64. The number of nitrogens with zero attached hydrogens (tertiary/aromatic N) is 3. The molecule has 1 aromatic heterocycles. The van der Waals surface area contributed by atoms with Crippen molar-refractivity contribution in [2.24, 2.45) is 0 Å². The van der Waals surface area contributed by atoms with E-state index in [-0.39, 0.29) is 23.1 Å². The van der Waals surface area contributed by atoms with Gasteiger partial charge in [-0.05, 0) is 6.92 Å². The lowest BCUT2D eigenvalue weighted by atomic mass is 10.3. The molecule has 0 radical (unpaired) electrons. The van der Waals surface area contributed by atoms with E-state index in [1.165, 1.54) is 6.92 Å². The first-order valence-corrected chi connectivity index (χ1v) is 5.65. The molecule has 0 saturated heterocycles. The van der Waals surface area contributed by atoms with E-state index in [2.05, 4.69) is 15.3 Å². The van der Waals surface area contributed by atoms with Crippen LogP contribution in [0, 0.1) is 17.0 Å². The number of methoxy groups -OCH3 is 1. The third-order valence-electron chi connectivity index (χ3n) is 2.23. The lowest BCUT2D eigenvalue weighted by molar-refractivity contribution is -0.385. The molecule has 3 N–H and O–H groups in total. The lowest BCUT2D eigenvalue weighted by Crippen LogP contribution is -2.15. The number of nitrogens with one attached hydrogen (secondary N) is 1. The molecule has 9 heteroatoms. The maximum absolute atomic E-state index is 10.9. The van der Waals surface area contributed by atoms with Gasteiger partial charge in [-0.3, -0.25) is 10.1 Å². The first kappa shape index (κ1) is 15.1. The molecule has 1 heterocycles. The predicted molar refractivity (Wildman–Crippen MR) is 69.0 cm³/mol. The highest BCUT2D eigenvalue weighted by molar-refractivity contribution is 5.60. The molecule has 0 fully saturated rings. The molecule has 0 aliphatic heterocycles. The van der Waals surface area contributed by atoms with Gasteiger partial charge in [0.15, 0.2) is 0 Å². The number of ether oxygens (including phenoxy) is 2. The Balaban J connectivity index is 2.59. The minimum atomic E-state index is -0.539. The Morgan fingerprint density at radius 1 is 1.37 bits per heavy atom. The van der Waals surface area contributed by atoms with Gasteiger partial charge < -0.3 is 20.5 Å². The fourth-order valence-corrected chi connectivity index (χ4v) is 1.42. The average molecular weight is 271 g/mol. The fraction of sp³-hybridized carbons (Fsp3) is 0.600. The normalized spacial score (nSPS) is 10.4. The summed E-state index contributed by atoms with van der Waals surface area (Å²) in [6.07, 6.45) is 0. The van der Waals surface area contributed by atoms with Gasteiger partial charge in [-0.2, -0.15) is 4.98 Å². The number of hydrogen-bond acceptors (Lipinski definition) is 8. The smallest absolute Gasteiger partial charge is 0.332 e. The second kappa shape index (κ2) is 7.44. The zero-order chi connectivity index (χ0) is 14.3. The monoisotopic (exact) mass is 271 g/mol. The first-order chi connectivity index (χ1) is 9.06. The van der Waals surface area contributed by atoms with Crippen LogP contribution < -0.4 is 11.1 Å². The molecule has 106 valence electrons. The molecule has 0 aliphatic carbocycles. The summed E-state index contributed by atoms with van der Waals surface area (Å²) in [7, 11) is 1.58. The van der Waals surface area contributed by atoms with Crippen LogP contribution in [0.2, 0.25) is 0 Å². The van der Waals surface area contributed by atoms with E-state index in [0.717, 1.165) is 0 Å². The Kier molecular flexibility index (Phi) is 5.90. The second-order valence-corrected chi connectivity index (χ2v) is 3.65. The van der Waals surface area contributed by atoms with Gasteiger partial charge in [0, 0.05) is 13.7 Å². The summed E-state index contributed by atoms with van der Waals surface area (Å²) in [5.41, 5.74) is 5.51. The number of rotatable bonds is 8. The Hall–Kier alpha value is -2.00. The van der Waals surface area contributed by atoms with Crippen LogP contribution in [0.5, 0.6) is 0 Å². The number of aromatic nitrogens is 2. The van der Waals surface area contributed by atoms with Crippen molar-refractivity contribution >= 4 is 17.5 Å². The Labute approximate surface area is 110 Å². The van der Waals surface area contributed by atoms with Crippen molar-refractivity contribution in [2.45, 2.75) is 6.92 Å². The largest absolute Gasteiger partial charge is 0.382 e. The van der Waals surface area contributed by atoms with E-state index in [4.69, 9.17) is 15.2 Å². The average Bonchev–Trinajstić information content (AvgIpc) is 2.32. The summed E-state index contributed by atoms with van der Waals surface area (Å²) in [6.45, 7) is 3.23. The standard InChI is InChI=1S/C10H17N5O4/c1-7-8(15(16)17)9(14-10(11)13-7)12-3-4-19-6-5-18-2/h3-6H2,1-2H3,(H3,11,12,13,14). The van der Waals surface area contributed by atoms with Crippen LogP contribution in [-0.4, -0.2) is 48.4 Å². The van der Waals surface area contributed by atoms with Crippen LogP contribution in [0.1, 0.15) is 5.69 Å². The summed E-state index contributed by atoms with van der Waals surface area (Å²) in [5.74, 6) is 0.0937. The Morgan fingerprint density at radius 3 is 2.74 bits per heavy atom. The summed E-state index contributed by atoms with van der Waals surface area (Å²) < 4.78 is 10.0. The third-order valence-corrected chi connectivity index (χ3v) is 2.23. The van der Waals surface area contributed by atoms with Gasteiger partial charge in [0.05, 0.1) is 24.7 Å². The molecular formula is C10H17N5O4. The van der Waals surface area contributed by atoms with Gasteiger partial charge in [-0.1, -0.05) is 0 Å². The minimum Gasteiger partial charge on any atom is -0.382 e. The molecule has 19 heavy (non-hydrogen) atoms. The van der Waals surface area contributed by atoms with Gasteiger partial charge in [0.2, 0.25) is 11.8 Å². The van der Waals surface area contributed by atoms with Gasteiger partial charge in [0.1, 0.15) is 5.69 Å². The van der Waals surface area contributed by atoms with Crippen molar-refractivity contribution in [3.05, 3.63) is 15.8 Å². The van der Waals surface area contributed by atoms with E-state index < -0.39 is 4.92 Å². The lowest BCUT2D eigenvalue weighted by Gasteiger charge is -2.08. The van der Waals surface area contributed by atoms with Crippen molar-refractivity contribution in [1.82, 2.24) is 9.97 Å². The SMILES string of the molecule is COCCOCCNc1nc(N)nc(C)c1[N+](=O)[O-]. The van der Waals surface area contributed by atoms with Crippen LogP contribution in [0.3, 0.4) is 0 Å². The van der Waals surface area contributed by atoms with Crippen molar-refractivity contribution < 1.29 is 14.4 Å².